The Balaban J connectivity index is 1.96. The van der Waals surface area contributed by atoms with Gasteiger partial charge < -0.3 is 4.90 Å². The van der Waals surface area contributed by atoms with Gasteiger partial charge in [0, 0.05) is 36.9 Å². The van der Waals surface area contributed by atoms with Gasteiger partial charge in [0.15, 0.2) is 0 Å². The Hall–Kier alpha value is -2.36. The lowest BCUT2D eigenvalue weighted by Crippen LogP contribution is -2.31. The molecule has 2 aliphatic heterocycles. The quantitative estimate of drug-likeness (QED) is 0.612. The van der Waals surface area contributed by atoms with Crippen molar-refractivity contribution >= 4 is 25.0 Å². The molecule has 2 aromatic carbocycles. The number of hydrazone groups is 1. The molecule has 0 fully saturated rings. The van der Waals surface area contributed by atoms with E-state index in [0.717, 1.165) is 22.4 Å². The van der Waals surface area contributed by atoms with Crippen LogP contribution in [-0.2, 0) is 9.98 Å². The molecule has 0 aromatic heterocycles. The third-order valence-corrected chi connectivity index (χ3v) is 9.20. The van der Waals surface area contributed by atoms with E-state index in [-0.39, 0.29) is 5.41 Å². The van der Waals surface area contributed by atoms with Crippen LogP contribution in [0.2, 0.25) is 0 Å². The van der Waals surface area contributed by atoms with E-state index in [2.05, 4.69) is 73.7 Å². The van der Waals surface area contributed by atoms with Gasteiger partial charge in [-0.2, -0.15) is 9.88 Å². The fourth-order valence-corrected chi connectivity index (χ4v) is 7.73. The second-order valence-corrected chi connectivity index (χ2v) is 10.5. The first-order chi connectivity index (χ1) is 13.9. The largest absolute Gasteiger partial charge is 0.346 e. The van der Waals surface area contributed by atoms with Gasteiger partial charge in [0.1, 0.15) is 0 Å². The van der Waals surface area contributed by atoms with Crippen LogP contribution < -0.4 is 9.68 Å². The molecule has 0 spiro atoms. The Morgan fingerprint density at radius 1 is 1.00 bits per heavy atom. The third kappa shape index (κ3) is 2.79. The molecular weight excluding hydrogens is 379 g/mol. The maximum atomic E-state index is 14.9. The van der Waals surface area contributed by atoms with E-state index in [0.29, 0.717) is 13.1 Å². The number of fused-ring (bicyclic) bond motifs is 1. The fourth-order valence-electron chi connectivity index (χ4n) is 4.67. The molecule has 152 valence electrons. The molecule has 0 amide bonds. The molecule has 1 atom stereocenters. The molecule has 0 N–H and O–H groups in total. The lowest BCUT2D eigenvalue weighted by Gasteiger charge is -2.36. The minimum Gasteiger partial charge on any atom is -0.346 e. The highest BCUT2D eigenvalue weighted by Crippen LogP contribution is 2.67. The Morgan fingerprint density at radius 3 is 2.24 bits per heavy atom. The maximum Gasteiger partial charge on any atom is 0.292 e. The summed E-state index contributed by atoms with van der Waals surface area (Å²) in [5.74, 6) is 0. The number of anilines is 2. The highest BCUT2D eigenvalue weighted by atomic mass is 31.2. The van der Waals surface area contributed by atoms with E-state index in [1.54, 1.807) is 4.78 Å². The van der Waals surface area contributed by atoms with Crippen molar-refractivity contribution in [1.29, 1.82) is 0 Å². The van der Waals surface area contributed by atoms with E-state index in [9.17, 15) is 4.57 Å². The molecule has 0 aliphatic carbocycles. The molecular formula is C23H29N4OP. The van der Waals surface area contributed by atoms with Gasteiger partial charge in [0.05, 0.1) is 17.2 Å². The number of rotatable bonds is 4. The minimum atomic E-state index is -3.13. The van der Waals surface area contributed by atoms with Crippen LogP contribution in [0.25, 0.3) is 0 Å². The van der Waals surface area contributed by atoms with E-state index >= 15 is 0 Å². The van der Waals surface area contributed by atoms with Crippen LogP contribution in [-0.4, -0.2) is 31.0 Å². The third-order valence-electron chi connectivity index (χ3n) is 6.07. The first-order valence-electron chi connectivity index (χ1n) is 10.2. The molecule has 0 radical (unpaired) electrons. The van der Waals surface area contributed by atoms with Crippen molar-refractivity contribution in [3.63, 3.8) is 0 Å². The molecule has 2 heterocycles. The molecule has 0 saturated carbocycles. The summed E-state index contributed by atoms with van der Waals surface area (Å²) < 4.78 is 18.7. The Kier molecular flexibility index (Phi) is 4.92. The van der Waals surface area contributed by atoms with Gasteiger partial charge in [-0.15, -0.1) is 0 Å². The number of benzene rings is 2. The maximum absolute atomic E-state index is 14.9. The topological polar surface area (TPSA) is 39.2 Å². The van der Waals surface area contributed by atoms with Crippen LogP contribution in [0.1, 0.15) is 33.3 Å². The van der Waals surface area contributed by atoms with Gasteiger partial charge in [-0.05, 0) is 23.8 Å². The lowest BCUT2D eigenvalue weighted by molar-refractivity contribution is 0.446. The van der Waals surface area contributed by atoms with Crippen LogP contribution in [0.15, 0.2) is 70.7 Å². The summed E-state index contributed by atoms with van der Waals surface area (Å²) in [6, 6.07) is 18.3. The predicted molar refractivity (Wildman–Crippen MR) is 123 cm³/mol. The van der Waals surface area contributed by atoms with Crippen molar-refractivity contribution in [3.05, 3.63) is 71.2 Å². The monoisotopic (exact) mass is 408 g/mol. The van der Waals surface area contributed by atoms with Crippen LogP contribution in [0.3, 0.4) is 0 Å². The van der Waals surface area contributed by atoms with Gasteiger partial charge in [-0.3, -0.25) is 4.57 Å². The lowest BCUT2D eigenvalue weighted by atomic mass is 9.84. The van der Waals surface area contributed by atoms with E-state index in [1.807, 2.05) is 36.5 Å². The number of allylic oxidation sites excluding steroid dienone is 2. The van der Waals surface area contributed by atoms with Gasteiger partial charge >= 0.3 is 0 Å². The highest BCUT2D eigenvalue weighted by molar-refractivity contribution is 7.69. The van der Waals surface area contributed by atoms with Crippen molar-refractivity contribution in [1.82, 2.24) is 4.67 Å². The zero-order chi connectivity index (χ0) is 20.8. The predicted octanol–water partition coefficient (Wildman–Crippen LogP) is 5.67. The van der Waals surface area contributed by atoms with Crippen LogP contribution in [0.5, 0.6) is 0 Å². The van der Waals surface area contributed by atoms with Crippen LogP contribution in [0, 0.1) is 0 Å². The van der Waals surface area contributed by atoms with Gasteiger partial charge in [0.25, 0.3) is 7.44 Å². The summed E-state index contributed by atoms with van der Waals surface area (Å²) in [6.07, 6.45) is 1.82. The Labute approximate surface area is 173 Å². The van der Waals surface area contributed by atoms with E-state index in [4.69, 9.17) is 0 Å². The Bertz CT molecular complexity index is 1020. The average molecular weight is 408 g/mol. The number of hydrogen-bond donors (Lipinski definition) is 0. The zero-order valence-electron chi connectivity index (χ0n) is 17.8. The first kappa shape index (κ1) is 19.9. The van der Waals surface area contributed by atoms with Gasteiger partial charge in [0.2, 0.25) is 0 Å². The second-order valence-electron chi connectivity index (χ2n) is 7.99. The van der Waals surface area contributed by atoms with Gasteiger partial charge in [-0.1, -0.05) is 64.1 Å². The van der Waals surface area contributed by atoms with Crippen molar-refractivity contribution in [2.24, 2.45) is 5.10 Å². The molecule has 2 aromatic rings. The van der Waals surface area contributed by atoms with Crippen LogP contribution in [0.4, 0.5) is 11.4 Å². The van der Waals surface area contributed by atoms with Crippen molar-refractivity contribution < 1.29 is 4.57 Å². The molecule has 29 heavy (non-hydrogen) atoms. The molecule has 0 unspecified atom stereocenters. The minimum absolute atomic E-state index is 0.262. The van der Waals surface area contributed by atoms with E-state index in [1.165, 1.54) is 5.56 Å². The number of likely N-dealkylation sites (N-methyl/N-ethyl adjacent to an activating group) is 1. The van der Waals surface area contributed by atoms with Crippen LogP contribution >= 0.6 is 7.44 Å². The summed E-state index contributed by atoms with van der Waals surface area (Å²) in [5, 5.41) is 5.51. The van der Waals surface area contributed by atoms with Crippen molar-refractivity contribution in [2.45, 2.75) is 33.1 Å². The smallest absolute Gasteiger partial charge is 0.292 e. The molecule has 5 nitrogen and oxygen atoms in total. The summed E-state index contributed by atoms with van der Waals surface area (Å²) >= 11 is 0. The van der Waals surface area contributed by atoms with Gasteiger partial charge in [-0.25, -0.2) is 4.67 Å². The highest BCUT2D eigenvalue weighted by Gasteiger charge is 2.50. The first-order valence-corrected chi connectivity index (χ1v) is 11.8. The normalized spacial score (nSPS) is 25.2. The number of hydrogen-bond acceptors (Lipinski definition) is 3. The summed E-state index contributed by atoms with van der Waals surface area (Å²) in [7, 11) is -1.06. The number of nitrogens with zero attached hydrogens (tertiary/aromatic N) is 4. The SMILES string of the molecule is CCN(CC)[P@@]1(=O)/C(=C2\N(C)c3ccccc3C2(C)C)C=NN1c1ccccc1. The summed E-state index contributed by atoms with van der Waals surface area (Å²) in [4.78, 5) is 2.20. The zero-order valence-corrected chi connectivity index (χ0v) is 18.7. The Morgan fingerprint density at radius 2 is 1.62 bits per heavy atom. The van der Waals surface area contributed by atoms with E-state index < -0.39 is 7.44 Å². The van der Waals surface area contributed by atoms with Crippen molar-refractivity contribution in [2.75, 3.05) is 29.8 Å². The summed E-state index contributed by atoms with van der Waals surface area (Å²) in [6.45, 7) is 9.92. The fraction of sp³-hybridized carbons (Fsp3) is 0.348. The molecule has 6 heteroatoms. The molecule has 2 aliphatic rings. The molecule has 4 rings (SSSR count). The summed E-state index contributed by atoms with van der Waals surface area (Å²) in [5.41, 5.74) is 4.07. The average Bonchev–Trinajstić information content (AvgIpc) is 3.16. The molecule has 0 bridgehead atoms. The number of para-hydroxylation sites is 2. The molecule has 0 saturated heterocycles. The standard InChI is InChI=1S/C23H29N4OP/c1-6-26(7-2)29(28)21(17-24-27(29)18-13-9-8-10-14-18)22-23(3,4)19-15-11-12-16-20(19)25(22)5/h8-17H,6-7H2,1-5H3/b22-21-/t29-/m0/s1. The van der Waals surface area contributed by atoms with Crippen molar-refractivity contribution in [3.8, 4) is 0 Å². The second kappa shape index (κ2) is 7.16.